The van der Waals surface area contributed by atoms with Gasteiger partial charge in [-0.2, -0.15) is 5.10 Å². The number of rotatable bonds is 7. The van der Waals surface area contributed by atoms with Gasteiger partial charge in [-0.15, -0.1) is 0 Å². The number of nitrogens with zero attached hydrogens (tertiary/aromatic N) is 5. The Balaban J connectivity index is 1.64. The number of piperidine rings is 1. The van der Waals surface area contributed by atoms with Crippen LogP contribution in [-0.2, 0) is 29.0 Å². The Labute approximate surface area is 160 Å². The molecule has 0 bridgehead atoms. The maximum atomic E-state index is 12.2. The fourth-order valence-electron chi connectivity index (χ4n) is 3.99. The van der Waals surface area contributed by atoms with Gasteiger partial charge in [0.2, 0.25) is 5.91 Å². The molecular weight excluding hydrogens is 346 g/mol. The van der Waals surface area contributed by atoms with Crippen molar-refractivity contribution < 1.29 is 14.7 Å². The number of hydrogen-bond acceptors (Lipinski definition) is 5. The van der Waals surface area contributed by atoms with Crippen LogP contribution in [0.15, 0.2) is 0 Å². The summed E-state index contributed by atoms with van der Waals surface area (Å²) in [6.07, 6.45) is 7.32. The molecule has 0 radical (unpaired) electrons. The Morgan fingerprint density at radius 2 is 1.96 bits per heavy atom. The van der Waals surface area contributed by atoms with Gasteiger partial charge >= 0.3 is 5.97 Å². The predicted octanol–water partition coefficient (Wildman–Crippen LogP) is 1.19. The molecule has 1 aromatic heterocycles. The van der Waals surface area contributed by atoms with Crippen molar-refractivity contribution in [1.29, 1.82) is 0 Å². The van der Waals surface area contributed by atoms with Crippen LogP contribution in [0.1, 0.15) is 50.2 Å². The van der Waals surface area contributed by atoms with Gasteiger partial charge in [-0.3, -0.25) is 9.59 Å². The van der Waals surface area contributed by atoms with E-state index in [1.165, 1.54) is 4.68 Å². The molecular formula is C19H31N5O3. The summed E-state index contributed by atoms with van der Waals surface area (Å²) in [5, 5.41) is 13.7. The van der Waals surface area contributed by atoms with Gasteiger partial charge in [0.05, 0.1) is 0 Å². The smallest absolute Gasteiger partial charge is 0.325 e. The van der Waals surface area contributed by atoms with Gasteiger partial charge in [-0.05, 0) is 51.7 Å². The zero-order valence-electron chi connectivity index (χ0n) is 16.3. The monoisotopic (exact) mass is 377 g/mol. The second-order valence-electron chi connectivity index (χ2n) is 7.89. The molecule has 150 valence electrons. The van der Waals surface area contributed by atoms with Crippen LogP contribution in [0.5, 0.6) is 0 Å². The third-order valence-corrected chi connectivity index (χ3v) is 5.66. The van der Waals surface area contributed by atoms with Crippen LogP contribution in [0.25, 0.3) is 0 Å². The first-order valence-corrected chi connectivity index (χ1v) is 10.1. The summed E-state index contributed by atoms with van der Waals surface area (Å²) in [6, 6.07) is 0. The Kier molecular flexibility index (Phi) is 6.82. The van der Waals surface area contributed by atoms with E-state index < -0.39 is 5.97 Å². The highest BCUT2D eigenvalue weighted by molar-refractivity contribution is 5.76. The van der Waals surface area contributed by atoms with E-state index >= 15 is 0 Å². The molecule has 0 atom stereocenters. The van der Waals surface area contributed by atoms with Gasteiger partial charge in [0.15, 0.2) is 5.82 Å². The average Bonchev–Trinajstić information content (AvgIpc) is 2.86. The highest BCUT2D eigenvalue weighted by Gasteiger charge is 2.22. The van der Waals surface area contributed by atoms with Crippen molar-refractivity contribution in [3.8, 4) is 0 Å². The Morgan fingerprint density at radius 1 is 1.19 bits per heavy atom. The number of carboxylic acids is 1. The van der Waals surface area contributed by atoms with Crippen molar-refractivity contribution >= 4 is 11.9 Å². The molecule has 2 aliphatic rings. The molecule has 8 heteroatoms. The molecule has 0 unspecified atom stereocenters. The number of hydrogen-bond donors (Lipinski definition) is 1. The fourth-order valence-corrected chi connectivity index (χ4v) is 3.99. The van der Waals surface area contributed by atoms with E-state index in [9.17, 15) is 14.7 Å². The fraction of sp³-hybridized carbons (Fsp3) is 0.789. The van der Waals surface area contributed by atoms with Crippen LogP contribution in [0.3, 0.4) is 0 Å². The molecule has 3 rings (SSSR count). The summed E-state index contributed by atoms with van der Waals surface area (Å²) in [5.74, 6) is 1.25. The van der Waals surface area contributed by atoms with E-state index in [-0.39, 0.29) is 12.5 Å². The summed E-state index contributed by atoms with van der Waals surface area (Å²) in [7, 11) is 2.14. The van der Waals surface area contributed by atoms with Crippen LogP contribution >= 0.6 is 0 Å². The van der Waals surface area contributed by atoms with Crippen LogP contribution in [0, 0.1) is 5.92 Å². The summed E-state index contributed by atoms with van der Waals surface area (Å²) >= 11 is 0. The van der Waals surface area contributed by atoms with Gasteiger partial charge in [0.1, 0.15) is 12.4 Å². The van der Waals surface area contributed by atoms with E-state index in [4.69, 9.17) is 0 Å². The van der Waals surface area contributed by atoms with E-state index in [0.717, 1.165) is 64.0 Å². The Morgan fingerprint density at radius 3 is 2.70 bits per heavy atom. The molecule has 0 spiro atoms. The zero-order chi connectivity index (χ0) is 19.2. The first-order valence-electron chi connectivity index (χ1n) is 10.1. The first kappa shape index (κ1) is 19.8. The van der Waals surface area contributed by atoms with Gasteiger partial charge in [-0.1, -0.05) is 6.42 Å². The number of aliphatic carboxylic acids is 1. The zero-order valence-corrected chi connectivity index (χ0v) is 16.3. The number of carboxylic acid groups (broad SMARTS) is 1. The second-order valence-corrected chi connectivity index (χ2v) is 7.89. The molecule has 1 N–H and O–H groups in total. The lowest BCUT2D eigenvalue weighted by Crippen LogP contribution is -2.32. The van der Waals surface area contributed by atoms with Crippen LogP contribution in [0.2, 0.25) is 0 Å². The molecule has 0 aromatic carbocycles. The molecule has 1 amide bonds. The van der Waals surface area contributed by atoms with Crippen LogP contribution in [0.4, 0.5) is 0 Å². The molecule has 27 heavy (non-hydrogen) atoms. The van der Waals surface area contributed by atoms with Crippen molar-refractivity contribution in [2.45, 2.75) is 57.9 Å². The highest BCUT2D eigenvalue weighted by Crippen LogP contribution is 2.20. The van der Waals surface area contributed by atoms with Crippen molar-refractivity contribution in [3.63, 3.8) is 0 Å². The Hall–Kier alpha value is -1.96. The molecule has 2 fully saturated rings. The van der Waals surface area contributed by atoms with Gasteiger partial charge in [-0.25, -0.2) is 9.67 Å². The molecule has 2 saturated heterocycles. The minimum absolute atomic E-state index is 0.177. The maximum absolute atomic E-state index is 12.2. The van der Waals surface area contributed by atoms with Gasteiger partial charge in [0.25, 0.3) is 0 Å². The minimum atomic E-state index is -0.919. The molecule has 0 saturated carbocycles. The van der Waals surface area contributed by atoms with Gasteiger partial charge < -0.3 is 14.9 Å². The molecule has 3 heterocycles. The summed E-state index contributed by atoms with van der Waals surface area (Å²) < 4.78 is 1.51. The van der Waals surface area contributed by atoms with Gasteiger partial charge in [0, 0.05) is 32.4 Å². The second kappa shape index (κ2) is 9.30. The normalized spacial score (nSPS) is 20.0. The van der Waals surface area contributed by atoms with Crippen molar-refractivity contribution in [2.24, 2.45) is 5.92 Å². The molecule has 2 aliphatic heterocycles. The van der Waals surface area contributed by atoms with Crippen molar-refractivity contribution in [2.75, 3.05) is 33.2 Å². The lowest BCUT2D eigenvalue weighted by atomic mass is 9.94. The summed E-state index contributed by atoms with van der Waals surface area (Å²) in [4.78, 5) is 32.2. The van der Waals surface area contributed by atoms with Crippen molar-refractivity contribution in [3.05, 3.63) is 11.6 Å². The highest BCUT2D eigenvalue weighted by atomic mass is 16.4. The Bertz CT molecular complexity index is 652. The lowest BCUT2D eigenvalue weighted by Gasteiger charge is -2.28. The average molecular weight is 377 g/mol. The number of amides is 1. The molecule has 1 aromatic rings. The summed E-state index contributed by atoms with van der Waals surface area (Å²) in [5.41, 5.74) is 0. The van der Waals surface area contributed by atoms with Crippen LogP contribution in [-0.4, -0.2) is 74.8 Å². The van der Waals surface area contributed by atoms with E-state index in [2.05, 4.69) is 22.0 Å². The number of likely N-dealkylation sites (tertiary alicyclic amines) is 2. The van der Waals surface area contributed by atoms with E-state index in [1.807, 2.05) is 4.90 Å². The van der Waals surface area contributed by atoms with Crippen LogP contribution < -0.4 is 0 Å². The molecule has 8 nitrogen and oxygen atoms in total. The quantitative estimate of drug-likeness (QED) is 0.767. The standard InChI is InChI=1S/C19H31N5O3/c1-22-10-6-15(7-11-22)13-16-20-17(24(21-16)14-19(26)27)8-12-23-9-4-2-3-5-18(23)25/h15H,2-14H2,1H3,(H,26,27). The minimum Gasteiger partial charge on any atom is -0.480 e. The van der Waals surface area contributed by atoms with E-state index in [1.54, 1.807) is 0 Å². The summed E-state index contributed by atoms with van der Waals surface area (Å²) in [6.45, 7) is 3.37. The third-order valence-electron chi connectivity index (χ3n) is 5.66. The lowest BCUT2D eigenvalue weighted by molar-refractivity contribution is -0.138. The SMILES string of the molecule is CN1CCC(Cc2nc(CCN3CCCCCC3=O)n(CC(=O)O)n2)CC1. The number of carbonyl (C=O) groups excluding carboxylic acids is 1. The number of aromatic nitrogens is 3. The van der Waals surface area contributed by atoms with E-state index in [0.29, 0.717) is 31.1 Å². The maximum Gasteiger partial charge on any atom is 0.325 e. The van der Waals surface area contributed by atoms with Crippen molar-refractivity contribution in [1.82, 2.24) is 24.6 Å². The number of carbonyl (C=O) groups is 2. The third kappa shape index (κ3) is 5.76. The predicted molar refractivity (Wildman–Crippen MR) is 100 cm³/mol. The topological polar surface area (TPSA) is 91.6 Å². The first-order chi connectivity index (χ1) is 13.0. The molecule has 0 aliphatic carbocycles. The largest absolute Gasteiger partial charge is 0.480 e.